The molecule has 0 saturated heterocycles. The first kappa shape index (κ1) is 15.3. The Kier molecular flexibility index (Phi) is 4.16. The summed E-state index contributed by atoms with van der Waals surface area (Å²) in [5.41, 5.74) is 2.74. The van der Waals surface area contributed by atoms with Crippen LogP contribution in [0.1, 0.15) is 29.8 Å². The highest BCUT2D eigenvalue weighted by Gasteiger charge is 2.23. The molecule has 0 unspecified atom stereocenters. The predicted molar refractivity (Wildman–Crippen MR) is 90.2 cm³/mol. The summed E-state index contributed by atoms with van der Waals surface area (Å²) in [6, 6.07) is 7.32. The lowest BCUT2D eigenvalue weighted by Crippen LogP contribution is -2.22. The van der Waals surface area contributed by atoms with Gasteiger partial charge in [0, 0.05) is 12.7 Å². The van der Waals surface area contributed by atoms with E-state index in [0.29, 0.717) is 11.5 Å². The summed E-state index contributed by atoms with van der Waals surface area (Å²) >= 11 is 0. The molecule has 0 fully saturated rings. The van der Waals surface area contributed by atoms with Gasteiger partial charge in [-0.1, -0.05) is 19.9 Å². The Hall–Kier alpha value is -2.60. The lowest BCUT2D eigenvalue weighted by Gasteiger charge is -2.19. The van der Waals surface area contributed by atoms with Crippen LogP contribution in [0.5, 0.6) is 5.75 Å². The Bertz CT molecular complexity index is 741. The van der Waals surface area contributed by atoms with Gasteiger partial charge in [0.05, 0.1) is 11.4 Å². The second kappa shape index (κ2) is 6.26. The summed E-state index contributed by atoms with van der Waals surface area (Å²) in [4.78, 5) is 18.8. The molecule has 0 atom stereocenters. The van der Waals surface area contributed by atoms with E-state index in [0.717, 1.165) is 30.9 Å². The number of carbonyl (C=O) groups excluding carboxylic acids is 1. The van der Waals surface area contributed by atoms with Crippen LogP contribution in [0.4, 0.5) is 17.2 Å². The van der Waals surface area contributed by atoms with E-state index in [-0.39, 0.29) is 17.2 Å². The number of aromatic hydroxyl groups is 1. The molecule has 2 aromatic rings. The average molecular weight is 312 g/mol. The zero-order chi connectivity index (χ0) is 16.4. The number of hydrogen-bond acceptors (Lipinski definition) is 5. The van der Waals surface area contributed by atoms with Crippen LogP contribution in [0.3, 0.4) is 0 Å². The highest BCUT2D eigenvalue weighted by Crippen LogP contribution is 2.34. The van der Waals surface area contributed by atoms with E-state index in [1.54, 1.807) is 0 Å². The molecule has 0 bridgehead atoms. The first-order valence-corrected chi connectivity index (χ1v) is 7.74. The number of amides is 1. The minimum absolute atomic E-state index is 0.0869. The van der Waals surface area contributed by atoms with Crippen molar-refractivity contribution >= 4 is 23.1 Å². The Labute approximate surface area is 135 Å². The van der Waals surface area contributed by atoms with Crippen LogP contribution in [0.25, 0.3) is 0 Å². The second-order valence-electron chi connectivity index (χ2n) is 5.47. The van der Waals surface area contributed by atoms with E-state index >= 15 is 0 Å². The van der Waals surface area contributed by atoms with Gasteiger partial charge >= 0.3 is 0 Å². The fraction of sp³-hybridized carbons (Fsp3) is 0.294. The van der Waals surface area contributed by atoms with E-state index in [9.17, 15) is 9.90 Å². The molecule has 1 aromatic heterocycles. The maximum absolute atomic E-state index is 12.4. The number of carbonyl (C=O) groups is 1. The first-order valence-electron chi connectivity index (χ1n) is 7.74. The average Bonchev–Trinajstić information content (AvgIpc) is 2.68. The molecular formula is C17H20N4O2. The third kappa shape index (κ3) is 2.98. The van der Waals surface area contributed by atoms with Crippen molar-refractivity contribution < 1.29 is 9.90 Å². The molecule has 2 heterocycles. The quantitative estimate of drug-likeness (QED) is 0.809. The van der Waals surface area contributed by atoms with Crippen LogP contribution in [0, 0.1) is 0 Å². The number of hydrogen-bond donors (Lipinski definition) is 3. The first-order chi connectivity index (χ1) is 11.1. The lowest BCUT2D eigenvalue weighted by molar-refractivity contribution is 0.102. The lowest BCUT2D eigenvalue weighted by atomic mass is 10.1. The molecule has 0 saturated carbocycles. The van der Waals surface area contributed by atoms with Crippen molar-refractivity contribution in [3.05, 3.63) is 41.6 Å². The molecule has 1 aliphatic heterocycles. The van der Waals surface area contributed by atoms with Crippen molar-refractivity contribution in [3.8, 4) is 5.75 Å². The van der Waals surface area contributed by atoms with Gasteiger partial charge < -0.3 is 15.7 Å². The van der Waals surface area contributed by atoms with E-state index < -0.39 is 0 Å². The maximum Gasteiger partial charge on any atom is 0.263 e. The fourth-order valence-corrected chi connectivity index (χ4v) is 2.69. The van der Waals surface area contributed by atoms with Crippen molar-refractivity contribution in [1.82, 2.24) is 9.88 Å². The normalized spacial score (nSPS) is 12.9. The SMILES string of the molecule is CCN(CC)Cc1ccc2c(c1)NC(=O)c1c(O)ccnc1N2. The predicted octanol–water partition coefficient (Wildman–Crippen LogP) is 2.94. The van der Waals surface area contributed by atoms with E-state index in [1.807, 2.05) is 18.2 Å². The van der Waals surface area contributed by atoms with E-state index in [1.165, 1.54) is 12.3 Å². The molecule has 1 aromatic carbocycles. The maximum atomic E-state index is 12.4. The third-order valence-corrected chi connectivity index (χ3v) is 4.04. The van der Waals surface area contributed by atoms with Crippen LogP contribution >= 0.6 is 0 Å². The summed E-state index contributed by atoms with van der Waals surface area (Å²) < 4.78 is 0. The molecule has 0 radical (unpaired) electrons. The standard InChI is InChI=1S/C17H20N4O2/c1-3-21(4-2)10-11-5-6-12-13(9-11)20-17(23)15-14(22)7-8-18-16(15)19-12/h5-9H,3-4,10H2,1-2H3,(H,20,23)(H2,18,19,22). The van der Waals surface area contributed by atoms with Gasteiger partial charge in [-0.15, -0.1) is 0 Å². The number of nitrogens with one attached hydrogen (secondary N) is 2. The zero-order valence-electron chi connectivity index (χ0n) is 13.3. The smallest absolute Gasteiger partial charge is 0.263 e. The Morgan fingerprint density at radius 1 is 1.13 bits per heavy atom. The van der Waals surface area contributed by atoms with Gasteiger partial charge in [-0.05, 0) is 36.9 Å². The van der Waals surface area contributed by atoms with Gasteiger partial charge in [-0.2, -0.15) is 0 Å². The number of nitrogens with zero attached hydrogens (tertiary/aromatic N) is 2. The van der Waals surface area contributed by atoms with Crippen molar-refractivity contribution in [2.75, 3.05) is 23.7 Å². The molecule has 1 aliphatic rings. The number of anilines is 3. The minimum atomic E-state index is -0.364. The third-order valence-electron chi connectivity index (χ3n) is 4.04. The molecule has 0 aliphatic carbocycles. The molecular weight excluding hydrogens is 292 g/mol. The number of benzene rings is 1. The van der Waals surface area contributed by atoms with Gasteiger partial charge in [0.25, 0.3) is 5.91 Å². The molecule has 23 heavy (non-hydrogen) atoms. The van der Waals surface area contributed by atoms with Crippen LogP contribution in [-0.2, 0) is 6.54 Å². The van der Waals surface area contributed by atoms with Crippen LogP contribution in [0.2, 0.25) is 0 Å². The van der Waals surface area contributed by atoms with Gasteiger partial charge in [-0.3, -0.25) is 9.69 Å². The summed E-state index contributed by atoms with van der Waals surface area (Å²) in [5, 5.41) is 15.9. The van der Waals surface area contributed by atoms with E-state index in [2.05, 4.69) is 34.4 Å². The van der Waals surface area contributed by atoms with Crippen LogP contribution < -0.4 is 10.6 Å². The van der Waals surface area contributed by atoms with Crippen molar-refractivity contribution in [2.24, 2.45) is 0 Å². The summed E-state index contributed by atoms with van der Waals surface area (Å²) in [7, 11) is 0. The number of aromatic nitrogens is 1. The Morgan fingerprint density at radius 2 is 1.91 bits per heavy atom. The monoisotopic (exact) mass is 312 g/mol. The molecule has 120 valence electrons. The van der Waals surface area contributed by atoms with Gasteiger partial charge in [0.1, 0.15) is 17.1 Å². The number of rotatable bonds is 4. The van der Waals surface area contributed by atoms with Crippen molar-refractivity contribution in [2.45, 2.75) is 20.4 Å². The van der Waals surface area contributed by atoms with Crippen LogP contribution in [-0.4, -0.2) is 34.0 Å². The summed E-state index contributed by atoms with van der Waals surface area (Å²) in [6.45, 7) is 7.03. The van der Waals surface area contributed by atoms with Crippen LogP contribution in [0.15, 0.2) is 30.5 Å². The molecule has 6 nitrogen and oxygen atoms in total. The zero-order valence-corrected chi connectivity index (χ0v) is 13.3. The van der Waals surface area contributed by atoms with Gasteiger partial charge in [0.2, 0.25) is 0 Å². The summed E-state index contributed by atoms with van der Waals surface area (Å²) in [6.07, 6.45) is 1.47. The van der Waals surface area contributed by atoms with Gasteiger partial charge in [0.15, 0.2) is 0 Å². The highest BCUT2D eigenvalue weighted by molar-refractivity contribution is 6.13. The Balaban J connectivity index is 1.95. The van der Waals surface area contributed by atoms with Crippen molar-refractivity contribution in [1.29, 1.82) is 0 Å². The molecule has 0 spiro atoms. The van der Waals surface area contributed by atoms with Crippen molar-refractivity contribution in [3.63, 3.8) is 0 Å². The molecule has 6 heteroatoms. The molecule has 1 amide bonds. The molecule has 3 rings (SSSR count). The topological polar surface area (TPSA) is 77.5 Å². The Morgan fingerprint density at radius 3 is 2.65 bits per heavy atom. The molecule has 3 N–H and O–H groups in total. The summed E-state index contributed by atoms with van der Waals surface area (Å²) in [5.74, 6) is -0.0919. The second-order valence-corrected chi connectivity index (χ2v) is 5.47. The highest BCUT2D eigenvalue weighted by atomic mass is 16.3. The number of pyridine rings is 1. The fourth-order valence-electron chi connectivity index (χ4n) is 2.69. The minimum Gasteiger partial charge on any atom is -0.507 e. The number of fused-ring (bicyclic) bond motifs is 2. The largest absolute Gasteiger partial charge is 0.507 e. The van der Waals surface area contributed by atoms with E-state index in [4.69, 9.17) is 0 Å². The van der Waals surface area contributed by atoms with Gasteiger partial charge in [-0.25, -0.2) is 4.98 Å².